The molecule has 2 aromatic rings. The summed E-state index contributed by atoms with van der Waals surface area (Å²) in [4.78, 5) is 23.9. The van der Waals surface area contributed by atoms with Gasteiger partial charge in [0, 0.05) is 27.5 Å². The van der Waals surface area contributed by atoms with Gasteiger partial charge in [0.05, 0.1) is 11.4 Å². The minimum Gasteiger partial charge on any atom is -0.398 e. The van der Waals surface area contributed by atoms with Crippen LogP contribution in [0.3, 0.4) is 0 Å². The van der Waals surface area contributed by atoms with Crippen molar-refractivity contribution in [1.29, 1.82) is 0 Å². The highest BCUT2D eigenvalue weighted by molar-refractivity contribution is 6.36. The van der Waals surface area contributed by atoms with Crippen molar-refractivity contribution < 1.29 is 9.59 Å². The number of nitrogens with two attached hydrogens (primary N) is 1. The molecule has 0 radical (unpaired) electrons. The Kier molecular flexibility index (Phi) is 3.35. The highest BCUT2D eigenvalue weighted by atomic mass is 35.5. The van der Waals surface area contributed by atoms with Gasteiger partial charge < -0.3 is 11.1 Å². The maximum atomic E-state index is 12.6. The highest BCUT2D eigenvalue weighted by Gasteiger charge is 2.23. The summed E-state index contributed by atoms with van der Waals surface area (Å²) in [6, 6.07) is 7.89. The molecule has 3 N–H and O–H groups in total. The van der Waals surface area contributed by atoms with Gasteiger partial charge in [0.15, 0.2) is 5.78 Å². The summed E-state index contributed by atoms with van der Waals surface area (Å²) < 4.78 is 0. The lowest BCUT2D eigenvalue weighted by Gasteiger charge is -2.09. The molecule has 0 saturated heterocycles. The molecule has 106 valence electrons. The van der Waals surface area contributed by atoms with Crippen molar-refractivity contribution in [2.45, 2.75) is 6.42 Å². The van der Waals surface area contributed by atoms with E-state index in [-0.39, 0.29) is 23.1 Å². The zero-order valence-corrected chi connectivity index (χ0v) is 12.3. The van der Waals surface area contributed by atoms with E-state index in [0.717, 1.165) is 5.56 Å². The Morgan fingerprint density at radius 2 is 1.90 bits per heavy atom. The number of nitrogens with one attached hydrogen (secondary N) is 1. The fourth-order valence-electron chi connectivity index (χ4n) is 2.31. The van der Waals surface area contributed by atoms with Crippen LogP contribution in [0.2, 0.25) is 10.0 Å². The Morgan fingerprint density at radius 1 is 1.14 bits per heavy atom. The number of rotatable bonds is 2. The number of amides is 1. The minimum absolute atomic E-state index is 0.114. The first-order chi connectivity index (χ1) is 9.95. The van der Waals surface area contributed by atoms with E-state index >= 15 is 0 Å². The number of benzene rings is 2. The third kappa shape index (κ3) is 2.48. The van der Waals surface area contributed by atoms with Crippen molar-refractivity contribution in [2.75, 3.05) is 11.1 Å². The van der Waals surface area contributed by atoms with Crippen molar-refractivity contribution in [3.05, 3.63) is 57.1 Å². The Morgan fingerprint density at radius 3 is 2.62 bits per heavy atom. The second-order valence-corrected chi connectivity index (χ2v) is 5.62. The molecule has 21 heavy (non-hydrogen) atoms. The lowest BCUT2D eigenvalue weighted by atomic mass is 9.99. The van der Waals surface area contributed by atoms with Gasteiger partial charge in [-0.3, -0.25) is 9.59 Å². The fraction of sp³-hybridized carbons (Fsp3) is 0.0667. The van der Waals surface area contributed by atoms with Crippen LogP contribution in [-0.2, 0) is 11.2 Å². The standard InChI is InChI=1S/C15H10Cl2N2O2/c16-8-1-2-9(12(18)5-8)15(21)10-3-7-4-14(20)19-13(7)6-11(10)17/h1-3,5-6H,4,18H2,(H,19,20). The molecular formula is C15H10Cl2N2O2. The lowest BCUT2D eigenvalue weighted by molar-refractivity contribution is -0.115. The van der Waals surface area contributed by atoms with E-state index < -0.39 is 0 Å². The Hall–Kier alpha value is -2.04. The summed E-state index contributed by atoms with van der Waals surface area (Å²) in [7, 11) is 0. The third-order valence-electron chi connectivity index (χ3n) is 3.32. The molecule has 0 spiro atoms. The monoisotopic (exact) mass is 320 g/mol. The van der Waals surface area contributed by atoms with Crippen LogP contribution >= 0.6 is 23.2 Å². The number of anilines is 2. The Bertz CT molecular complexity index is 787. The molecule has 0 aromatic heterocycles. The molecular weight excluding hydrogens is 311 g/mol. The van der Waals surface area contributed by atoms with Gasteiger partial charge in [-0.25, -0.2) is 0 Å². The number of ketones is 1. The summed E-state index contributed by atoms with van der Waals surface area (Å²) >= 11 is 12.0. The van der Waals surface area contributed by atoms with E-state index in [2.05, 4.69) is 5.32 Å². The van der Waals surface area contributed by atoms with E-state index in [0.29, 0.717) is 27.5 Å². The van der Waals surface area contributed by atoms with Crippen molar-refractivity contribution in [2.24, 2.45) is 0 Å². The molecule has 1 heterocycles. The van der Waals surface area contributed by atoms with Crippen molar-refractivity contribution in [3.63, 3.8) is 0 Å². The largest absolute Gasteiger partial charge is 0.398 e. The van der Waals surface area contributed by atoms with Crippen LogP contribution in [0.4, 0.5) is 11.4 Å². The number of hydrogen-bond donors (Lipinski definition) is 2. The zero-order chi connectivity index (χ0) is 15.1. The quantitative estimate of drug-likeness (QED) is 0.658. The van der Waals surface area contributed by atoms with Crippen molar-refractivity contribution in [3.8, 4) is 0 Å². The summed E-state index contributed by atoms with van der Waals surface area (Å²) in [5, 5.41) is 3.42. The predicted octanol–water partition coefficient (Wildman–Crippen LogP) is 3.30. The molecule has 3 rings (SSSR count). The van der Waals surface area contributed by atoms with E-state index in [1.165, 1.54) is 6.07 Å². The maximum absolute atomic E-state index is 12.6. The number of halogens is 2. The van der Waals surface area contributed by atoms with E-state index in [1.807, 2.05) is 0 Å². The van der Waals surface area contributed by atoms with Crippen LogP contribution in [0.15, 0.2) is 30.3 Å². The smallest absolute Gasteiger partial charge is 0.228 e. The highest BCUT2D eigenvalue weighted by Crippen LogP contribution is 2.32. The SMILES string of the molecule is Nc1cc(Cl)ccc1C(=O)c1cc2c(cc1Cl)NC(=O)C2. The van der Waals surface area contributed by atoms with Crippen molar-refractivity contribution >= 4 is 46.3 Å². The minimum atomic E-state index is -0.295. The molecule has 0 aliphatic carbocycles. The number of hydrogen-bond acceptors (Lipinski definition) is 3. The first kappa shape index (κ1) is 13.9. The van der Waals surface area contributed by atoms with Crippen LogP contribution in [0.25, 0.3) is 0 Å². The molecule has 0 bridgehead atoms. The van der Waals surface area contributed by atoms with E-state index in [9.17, 15) is 9.59 Å². The lowest BCUT2D eigenvalue weighted by Crippen LogP contribution is -2.06. The molecule has 4 nitrogen and oxygen atoms in total. The molecule has 0 atom stereocenters. The normalized spacial score (nSPS) is 13.0. The summed E-state index contributed by atoms with van der Waals surface area (Å²) in [6.07, 6.45) is 0.239. The molecule has 1 amide bonds. The van der Waals surface area contributed by atoms with Gasteiger partial charge in [-0.1, -0.05) is 23.2 Å². The molecule has 0 unspecified atom stereocenters. The summed E-state index contributed by atoms with van der Waals surface area (Å²) in [6.45, 7) is 0. The second-order valence-electron chi connectivity index (χ2n) is 4.77. The molecule has 2 aromatic carbocycles. The van der Waals surface area contributed by atoms with Gasteiger partial charge in [0.1, 0.15) is 0 Å². The van der Waals surface area contributed by atoms with E-state index in [1.54, 1.807) is 24.3 Å². The van der Waals surface area contributed by atoms with Gasteiger partial charge in [0.2, 0.25) is 5.91 Å². The zero-order valence-electron chi connectivity index (χ0n) is 10.7. The van der Waals surface area contributed by atoms with Crippen LogP contribution in [-0.4, -0.2) is 11.7 Å². The number of carbonyl (C=O) groups is 2. The topological polar surface area (TPSA) is 72.2 Å². The number of carbonyl (C=O) groups excluding carboxylic acids is 2. The van der Waals surface area contributed by atoms with Crippen LogP contribution in [0.1, 0.15) is 21.5 Å². The van der Waals surface area contributed by atoms with E-state index in [4.69, 9.17) is 28.9 Å². The maximum Gasteiger partial charge on any atom is 0.228 e. The van der Waals surface area contributed by atoms with Gasteiger partial charge >= 0.3 is 0 Å². The van der Waals surface area contributed by atoms with Gasteiger partial charge in [-0.05, 0) is 35.9 Å². The van der Waals surface area contributed by atoms with Crippen LogP contribution < -0.4 is 11.1 Å². The Balaban J connectivity index is 2.06. The van der Waals surface area contributed by atoms with Crippen LogP contribution in [0.5, 0.6) is 0 Å². The average molecular weight is 321 g/mol. The average Bonchev–Trinajstić information content (AvgIpc) is 2.76. The predicted molar refractivity (Wildman–Crippen MR) is 83.1 cm³/mol. The molecule has 0 saturated carbocycles. The molecule has 1 aliphatic rings. The third-order valence-corrected chi connectivity index (χ3v) is 3.87. The van der Waals surface area contributed by atoms with Crippen molar-refractivity contribution in [1.82, 2.24) is 0 Å². The van der Waals surface area contributed by atoms with Gasteiger partial charge in [-0.15, -0.1) is 0 Å². The molecule has 6 heteroatoms. The Labute approximate surface area is 130 Å². The summed E-state index contributed by atoms with van der Waals surface area (Å²) in [5.74, 6) is -0.409. The number of nitrogen functional groups attached to an aromatic ring is 1. The fourth-order valence-corrected chi connectivity index (χ4v) is 2.74. The number of fused-ring (bicyclic) bond motifs is 1. The summed E-state index contributed by atoms with van der Waals surface area (Å²) in [5.41, 5.74) is 8.17. The first-order valence-electron chi connectivity index (χ1n) is 6.17. The second kappa shape index (κ2) is 5.06. The van der Waals surface area contributed by atoms with Crippen LogP contribution in [0, 0.1) is 0 Å². The molecule has 1 aliphatic heterocycles. The first-order valence-corrected chi connectivity index (χ1v) is 6.93. The van der Waals surface area contributed by atoms with Gasteiger partial charge in [-0.2, -0.15) is 0 Å². The van der Waals surface area contributed by atoms with Gasteiger partial charge in [0.25, 0.3) is 0 Å². The molecule has 0 fully saturated rings.